The molecule has 0 radical (unpaired) electrons. The van der Waals surface area contributed by atoms with Gasteiger partial charge in [-0.2, -0.15) is 0 Å². The minimum absolute atomic E-state index is 0.0455. The number of rotatable bonds is 7. The van der Waals surface area contributed by atoms with Crippen LogP contribution in [0.5, 0.6) is 0 Å². The summed E-state index contributed by atoms with van der Waals surface area (Å²) in [5, 5.41) is 2.91. The van der Waals surface area contributed by atoms with Crippen LogP contribution in [-0.4, -0.2) is 36.3 Å². The van der Waals surface area contributed by atoms with Crippen molar-refractivity contribution in [2.45, 2.75) is 59.3 Å². The van der Waals surface area contributed by atoms with Crippen LogP contribution in [0.4, 0.5) is 0 Å². The van der Waals surface area contributed by atoms with Gasteiger partial charge in [0, 0.05) is 31.5 Å². The summed E-state index contributed by atoms with van der Waals surface area (Å²) >= 11 is 0. The van der Waals surface area contributed by atoms with E-state index in [1.165, 1.54) is 12.0 Å². The largest absolute Gasteiger partial charge is 0.356 e. The van der Waals surface area contributed by atoms with Crippen molar-refractivity contribution in [2.75, 3.05) is 19.6 Å². The molecule has 1 heterocycles. The van der Waals surface area contributed by atoms with E-state index in [-0.39, 0.29) is 17.2 Å². The molecule has 2 rings (SSSR count). The maximum Gasteiger partial charge on any atom is 0.225 e. The van der Waals surface area contributed by atoms with Gasteiger partial charge in [-0.3, -0.25) is 9.59 Å². The van der Waals surface area contributed by atoms with Crippen molar-refractivity contribution >= 4 is 11.8 Å². The molecule has 1 aliphatic heterocycles. The van der Waals surface area contributed by atoms with Crippen LogP contribution in [0.3, 0.4) is 0 Å². The number of amides is 2. The third-order valence-corrected chi connectivity index (χ3v) is 5.19. The van der Waals surface area contributed by atoms with E-state index in [4.69, 9.17) is 0 Å². The maximum absolute atomic E-state index is 12.3. The van der Waals surface area contributed by atoms with Gasteiger partial charge in [0.1, 0.15) is 0 Å². The van der Waals surface area contributed by atoms with Gasteiger partial charge in [0.15, 0.2) is 0 Å². The normalized spacial score (nSPS) is 15.7. The lowest BCUT2D eigenvalue weighted by Crippen LogP contribution is -2.39. The second-order valence-electron chi connectivity index (χ2n) is 8.46. The zero-order chi connectivity index (χ0) is 19.0. The molecule has 1 N–H and O–H groups in total. The van der Waals surface area contributed by atoms with Crippen LogP contribution in [0, 0.1) is 11.3 Å². The highest BCUT2D eigenvalue weighted by molar-refractivity contribution is 5.81. The van der Waals surface area contributed by atoms with E-state index in [0.717, 1.165) is 38.3 Å². The van der Waals surface area contributed by atoms with Gasteiger partial charge in [-0.1, -0.05) is 51.1 Å². The zero-order valence-corrected chi connectivity index (χ0v) is 16.6. The SMILES string of the molecule is CC(C)(C)C(=O)NCCCC(=O)N1CCC(CCc2ccccc2)CC1. The van der Waals surface area contributed by atoms with Crippen molar-refractivity contribution < 1.29 is 9.59 Å². The molecule has 1 aromatic rings. The molecule has 2 amide bonds. The standard InChI is InChI=1S/C22H34N2O2/c1-22(2,3)21(26)23-15-7-10-20(25)24-16-13-19(14-17-24)12-11-18-8-5-4-6-9-18/h4-6,8-9,19H,7,10-17H2,1-3H3,(H,23,26). The molecular weight excluding hydrogens is 324 g/mol. The van der Waals surface area contributed by atoms with Crippen molar-refractivity contribution in [1.82, 2.24) is 10.2 Å². The summed E-state index contributed by atoms with van der Waals surface area (Å²) in [6.45, 7) is 8.04. The number of benzene rings is 1. The topological polar surface area (TPSA) is 49.4 Å². The summed E-state index contributed by atoms with van der Waals surface area (Å²) in [4.78, 5) is 26.1. The lowest BCUT2D eigenvalue weighted by atomic mass is 9.90. The molecule has 144 valence electrons. The molecule has 0 unspecified atom stereocenters. The quantitative estimate of drug-likeness (QED) is 0.754. The molecule has 0 aromatic heterocycles. The molecule has 0 saturated carbocycles. The van der Waals surface area contributed by atoms with Crippen LogP contribution in [0.25, 0.3) is 0 Å². The fraction of sp³-hybridized carbons (Fsp3) is 0.636. The predicted molar refractivity (Wildman–Crippen MR) is 106 cm³/mol. The highest BCUT2D eigenvalue weighted by Gasteiger charge is 2.23. The van der Waals surface area contributed by atoms with Gasteiger partial charge in [0.05, 0.1) is 0 Å². The van der Waals surface area contributed by atoms with E-state index in [1.807, 2.05) is 25.7 Å². The third-order valence-electron chi connectivity index (χ3n) is 5.19. The highest BCUT2D eigenvalue weighted by Crippen LogP contribution is 2.23. The minimum Gasteiger partial charge on any atom is -0.356 e. The molecule has 1 saturated heterocycles. The first-order valence-electron chi connectivity index (χ1n) is 9.96. The van der Waals surface area contributed by atoms with Crippen molar-refractivity contribution in [2.24, 2.45) is 11.3 Å². The predicted octanol–water partition coefficient (Wildman–Crippen LogP) is 3.80. The minimum atomic E-state index is -0.369. The first-order valence-corrected chi connectivity index (χ1v) is 9.96. The fourth-order valence-corrected chi connectivity index (χ4v) is 3.35. The molecule has 1 aromatic carbocycles. The molecular formula is C22H34N2O2. The van der Waals surface area contributed by atoms with Gasteiger partial charge in [0.25, 0.3) is 0 Å². The molecule has 0 atom stereocenters. The fourth-order valence-electron chi connectivity index (χ4n) is 3.35. The van der Waals surface area contributed by atoms with Gasteiger partial charge in [0.2, 0.25) is 11.8 Å². The number of hydrogen-bond acceptors (Lipinski definition) is 2. The molecule has 1 fully saturated rings. The summed E-state index contributed by atoms with van der Waals surface area (Å²) in [5.41, 5.74) is 1.04. The van der Waals surface area contributed by atoms with Crippen LogP contribution in [0.2, 0.25) is 0 Å². The summed E-state index contributed by atoms with van der Waals surface area (Å²) in [5.74, 6) is 1.01. The average Bonchev–Trinajstić information content (AvgIpc) is 2.63. The molecule has 0 bridgehead atoms. The molecule has 0 aliphatic carbocycles. The number of nitrogens with zero attached hydrogens (tertiary/aromatic N) is 1. The third kappa shape index (κ3) is 6.81. The lowest BCUT2D eigenvalue weighted by molar-refractivity contribution is -0.133. The van der Waals surface area contributed by atoms with E-state index < -0.39 is 0 Å². The smallest absolute Gasteiger partial charge is 0.225 e. The Morgan fingerprint density at radius 1 is 1.12 bits per heavy atom. The van der Waals surface area contributed by atoms with Gasteiger partial charge in [-0.15, -0.1) is 0 Å². The Morgan fingerprint density at radius 2 is 1.77 bits per heavy atom. The summed E-state index contributed by atoms with van der Waals surface area (Å²) < 4.78 is 0. The van der Waals surface area contributed by atoms with Crippen LogP contribution in [0.15, 0.2) is 30.3 Å². The highest BCUT2D eigenvalue weighted by atomic mass is 16.2. The van der Waals surface area contributed by atoms with Gasteiger partial charge < -0.3 is 10.2 Å². The Balaban J connectivity index is 1.60. The van der Waals surface area contributed by atoms with Gasteiger partial charge >= 0.3 is 0 Å². The Morgan fingerprint density at radius 3 is 2.38 bits per heavy atom. The van der Waals surface area contributed by atoms with Gasteiger partial charge in [-0.05, 0) is 43.6 Å². The zero-order valence-electron chi connectivity index (χ0n) is 16.6. The summed E-state index contributed by atoms with van der Waals surface area (Å²) in [6, 6.07) is 10.6. The van der Waals surface area contributed by atoms with E-state index in [9.17, 15) is 9.59 Å². The first kappa shape index (κ1) is 20.5. The number of carbonyl (C=O) groups is 2. The van der Waals surface area contributed by atoms with E-state index in [2.05, 4.69) is 35.6 Å². The maximum atomic E-state index is 12.3. The molecule has 4 nitrogen and oxygen atoms in total. The lowest BCUT2D eigenvalue weighted by Gasteiger charge is -2.32. The first-order chi connectivity index (χ1) is 12.4. The van der Waals surface area contributed by atoms with E-state index in [0.29, 0.717) is 19.4 Å². The van der Waals surface area contributed by atoms with E-state index in [1.54, 1.807) is 0 Å². The Labute approximate surface area is 158 Å². The Hall–Kier alpha value is -1.84. The number of nitrogens with one attached hydrogen (secondary N) is 1. The summed E-state index contributed by atoms with van der Waals surface area (Å²) in [6.07, 6.45) is 5.81. The van der Waals surface area contributed by atoms with E-state index >= 15 is 0 Å². The van der Waals surface area contributed by atoms with Gasteiger partial charge in [-0.25, -0.2) is 0 Å². The van der Waals surface area contributed by atoms with Crippen molar-refractivity contribution in [3.8, 4) is 0 Å². The number of carbonyl (C=O) groups excluding carboxylic acids is 2. The van der Waals surface area contributed by atoms with Crippen molar-refractivity contribution in [1.29, 1.82) is 0 Å². The van der Waals surface area contributed by atoms with Crippen molar-refractivity contribution in [3.05, 3.63) is 35.9 Å². The second kappa shape index (κ2) is 9.75. The Kier molecular flexibility index (Phi) is 7.67. The number of piperidine rings is 1. The molecule has 4 heteroatoms. The molecule has 1 aliphatic rings. The number of likely N-dealkylation sites (tertiary alicyclic amines) is 1. The van der Waals surface area contributed by atoms with Crippen LogP contribution >= 0.6 is 0 Å². The van der Waals surface area contributed by atoms with Crippen molar-refractivity contribution in [3.63, 3.8) is 0 Å². The second-order valence-corrected chi connectivity index (χ2v) is 8.46. The summed E-state index contributed by atoms with van der Waals surface area (Å²) in [7, 11) is 0. The molecule has 0 spiro atoms. The van der Waals surface area contributed by atoms with Crippen LogP contribution < -0.4 is 5.32 Å². The monoisotopic (exact) mass is 358 g/mol. The Bertz CT molecular complexity index is 570. The number of hydrogen-bond donors (Lipinski definition) is 1. The number of aryl methyl sites for hydroxylation is 1. The van der Waals surface area contributed by atoms with Crippen LogP contribution in [0.1, 0.15) is 58.4 Å². The average molecular weight is 359 g/mol. The van der Waals surface area contributed by atoms with Crippen LogP contribution in [-0.2, 0) is 16.0 Å². The molecule has 26 heavy (non-hydrogen) atoms.